The monoisotopic (exact) mass is 189 g/mol. The van der Waals surface area contributed by atoms with Gasteiger partial charge in [0, 0.05) is 23.6 Å². The number of hydrogen-bond donors (Lipinski definition) is 2. The van der Waals surface area contributed by atoms with Crippen molar-refractivity contribution < 1.29 is 5.11 Å². The number of nitrogens with zero attached hydrogens (tertiary/aromatic N) is 2. The third kappa shape index (κ3) is 1.31. The molecule has 0 atom stereocenters. The number of benzene rings is 1. The molecule has 4 heteroatoms. The summed E-state index contributed by atoms with van der Waals surface area (Å²) in [6.45, 7) is 1.92. The van der Waals surface area contributed by atoms with Gasteiger partial charge < -0.3 is 10.8 Å². The maximum atomic E-state index is 9.65. The van der Waals surface area contributed by atoms with Gasteiger partial charge in [-0.3, -0.25) is 0 Å². The van der Waals surface area contributed by atoms with Crippen LogP contribution in [-0.2, 0) is 0 Å². The van der Waals surface area contributed by atoms with Crippen LogP contribution in [0, 0.1) is 6.92 Å². The van der Waals surface area contributed by atoms with E-state index in [0.29, 0.717) is 11.4 Å². The molecule has 2 aromatic rings. The number of hydrogen-bond acceptors (Lipinski definition) is 3. The Bertz CT molecular complexity index is 462. The Kier molecular flexibility index (Phi) is 1.89. The first-order valence-corrected chi connectivity index (χ1v) is 4.28. The standard InChI is InChI=1S/C10H11N3O/c1-7-4-5-12-13(7)9-3-2-8(11)6-10(9)14/h2-6,14H,11H2,1H3. The Morgan fingerprint density at radius 3 is 2.71 bits per heavy atom. The molecule has 0 radical (unpaired) electrons. The molecule has 0 bridgehead atoms. The number of anilines is 1. The fourth-order valence-electron chi connectivity index (χ4n) is 1.34. The van der Waals surface area contributed by atoms with E-state index in [9.17, 15) is 5.11 Å². The highest BCUT2D eigenvalue weighted by molar-refractivity contribution is 5.55. The van der Waals surface area contributed by atoms with Crippen molar-refractivity contribution in [3.05, 3.63) is 36.2 Å². The summed E-state index contributed by atoms with van der Waals surface area (Å²) in [4.78, 5) is 0. The van der Waals surface area contributed by atoms with Gasteiger partial charge in [0.25, 0.3) is 0 Å². The Labute approximate surface area is 81.6 Å². The van der Waals surface area contributed by atoms with Crippen LogP contribution in [0.2, 0.25) is 0 Å². The molecule has 1 aromatic carbocycles. The molecule has 1 aromatic heterocycles. The van der Waals surface area contributed by atoms with E-state index in [2.05, 4.69) is 5.10 Å². The molecule has 0 saturated carbocycles. The minimum Gasteiger partial charge on any atom is -0.506 e. The second-order valence-electron chi connectivity index (χ2n) is 3.13. The average molecular weight is 189 g/mol. The predicted octanol–water partition coefficient (Wildman–Crippen LogP) is 1.47. The summed E-state index contributed by atoms with van der Waals surface area (Å²) in [5, 5.41) is 13.7. The number of phenols is 1. The molecular formula is C10H11N3O. The molecule has 2 rings (SSSR count). The third-order valence-electron chi connectivity index (χ3n) is 2.06. The maximum Gasteiger partial charge on any atom is 0.143 e. The number of nitrogen functional groups attached to an aromatic ring is 1. The molecule has 72 valence electrons. The van der Waals surface area contributed by atoms with E-state index in [0.717, 1.165) is 5.69 Å². The van der Waals surface area contributed by atoms with Gasteiger partial charge >= 0.3 is 0 Å². The van der Waals surface area contributed by atoms with Gasteiger partial charge in [-0.2, -0.15) is 5.10 Å². The summed E-state index contributed by atoms with van der Waals surface area (Å²) < 4.78 is 1.66. The van der Waals surface area contributed by atoms with Gasteiger partial charge in [-0.25, -0.2) is 4.68 Å². The van der Waals surface area contributed by atoms with E-state index in [1.165, 1.54) is 6.07 Å². The van der Waals surface area contributed by atoms with Crippen molar-refractivity contribution in [2.75, 3.05) is 5.73 Å². The molecule has 0 unspecified atom stereocenters. The van der Waals surface area contributed by atoms with E-state index < -0.39 is 0 Å². The fraction of sp³-hybridized carbons (Fsp3) is 0.100. The van der Waals surface area contributed by atoms with Crippen LogP contribution in [-0.4, -0.2) is 14.9 Å². The first-order valence-electron chi connectivity index (χ1n) is 4.28. The molecule has 14 heavy (non-hydrogen) atoms. The van der Waals surface area contributed by atoms with E-state index in [1.807, 2.05) is 13.0 Å². The zero-order valence-electron chi connectivity index (χ0n) is 7.81. The molecule has 0 fully saturated rings. The van der Waals surface area contributed by atoms with Crippen molar-refractivity contribution in [1.29, 1.82) is 0 Å². The minimum atomic E-state index is 0.136. The van der Waals surface area contributed by atoms with Crippen molar-refractivity contribution in [3.8, 4) is 11.4 Å². The molecule has 4 nitrogen and oxygen atoms in total. The smallest absolute Gasteiger partial charge is 0.143 e. The first kappa shape index (κ1) is 8.62. The van der Waals surface area contributed by atoms with Gasteiger partial charge in [-0.05, 0) is 25.1 Å². The predicted molar refractivity (Wildman–Crippen MR) is 54.4 cm³/mol. The highest BCUT2D eigenvalue weighted by atomic mass is 16.3. The number of aromatic nitrogens is 2. The molecule has 0 aliphatic carbocycles. The number of phenolic OH excluding ortho intramolecular Hbond substituents is 1. The van der Waals surface area contributed by atoms with Crippen LogP contribution in [0.1, 0.15) is 5.69 Å². The summed E-state index contributed by atoms with van der Waals surface area (Å²) in [7, 11) is 0. The molecule has 3 N–H and O–H groups in total. The molecule has 0 amide bonds. The summed E-state index contributed by atoms with van der Waals surface area (Å²) >= 11 is 0. The van der Waals surface area contributed by atoms with Crippen LogP contribution in [0.3, 0.4) is 0 Å². The van der Waals surface area contributed by atoms with Crippen molar-refractivity contribution in [1.82, 2.24) is 9.78 Å². The lowest BCUT2D eigenvalue weighted by Gasteiger charge is -2.06. The van der Waals surface area contributed by atoms with Gasteiger partial charge in [-0.15, -0.1) is 0 Å². The molecule has 0 aliphatic rings. The van der Waals surface area contributed by atoms with Crippen LogP contribution in [0.5, 0.6) is 5.75 Å². The molecule has 0 aliphatic heterocycles. The lowest BCUT2D eigenvalue weighted by atomic mass is 10.2. The fourth-order valence-corrected chi connectivity index (χ4v) is 1.34. The minimum absolute atomic E-state index is 0.136. The second kappa shape index (κ2) is 3.06. The van der Waals surface area contributed by atoms with Gasteiger partial charge in [0.2, 0.25) is 0 Å². The van der Waals surface area contributed by atoms with Gasteiger partial charge in [0.1, 0.15) is 11.4 Å². The van der Waals surface area contributed by atoms with E-state index in [1.54, 1.807) is 23.0 Å². The normalized spacial score (nSPS) is 10.4. The highest BCUT2D eigenvalue weighted by Crippen LogP contribution is 2.24. The van der Waals surface area contributed by atoms with Gasteiger partial charge in [-0.1, -0.05) is 0 Å². The lowest BCUT2D eigenvalue weighted by molar-refractivity contribution is 0.470. The van der Waals surface area contributed by atoms with Gasteiger partial charge in [0.05, 0.1) is 0 Å². The van der Waals surface area contributed by atoms with Gasteiger partial charge in [0.15, 0.2) is 0 Å². The Balaban J connectivity index is 2.58. The van der Waals surface area contributed by atoms with E-state index in [4.69, 9.17) is 5.73 Å². The molecule has 1 heterocycles. The molecular weight excluding hydrogens is 178 g/mol. The summed E-state index contributed by atoms with van der Waals surface area (Å²) in [6, 6.07) is 6.85. The third-order valence-corrected chi connectivity index (χ3v) is 2.06. The Hall–Kier alpha value is -1.97. The van der Waals surface area contributed by atoms with Crippen LogP contribution in [0.15, 0.2) is 30.5 Å². The summed E-state index contributed by atoms with van der Waals surface area (Å²) in [5.74, 6) is 0.136. The van der Waals surface area contributed by atoms with E-state index in [-0.39, 0.29) is 5.75 Å². The average Bonchev–Trinajstić information content (AvgIpc) is 2.52. The van der Waals surface area contributed by atoms with Crippen LogP contribution in [0.4, 0.5) is 5.69 Å². The number of aryl methyl sites for hydroxylation is 1. The molecule has 0 saturated heterocycles. The quantitative estimate of drug-likeness (QED) is 0.667. The maximum absolute atomic E-state index is 9.65. The van der Waals surface area contributed by atoms with Crippen LogP contribution in [0.25, 0.3) is 5.69 Å². The summed E-state index contributed by atoms with van der Waals surface area (Å²) in [5.41, 5.74) is 7.67. The lowest BCUT2D eigenvalue weighted by Crippen LogP contribution is -1.99. The first-order chi connectivity index (χ1) is 6.68. The largest absolute Gasteiger partial charge is 0.506 e. The van der Waals surface area contributed by atoms with Crippen molar-refractivity contribution in [2.24, 2.45) is 0 Å². The van der Waals surface area contributed by atoms with Crippen molar-refractivity contribution in [2.45, 2.75) is 6.92 Å². The summed E-state index contributed by atoms with van der Waals surface area (Å²) in [6.07, 6.45) is 1.69. The topological polar surface area (TPSA) is 64.1 Å². The molecule has 0 spiro atoms. The van der Waals surface area contributed by atoms with E-state index >= 15 is 0 Å². The zero-order chi connectivity index (χ0) is 10.1. The van der Waals surface area contributed by atoms with Crippen LogP contribution >= 0.6 is 0 Å². The Morgan fingerprint density at radius 2 is 2.14 bits per heavy atom. The SMILES string of the molecule is Cc1ccnn1-c1ccc(N)cc1O. The number of nitrogens with two attached hydrogens (primary N) is 1. The van der Waals surface area contributed by atoms with Crippen molar-refractivity contribution >= 4 is 5.69 Å². The number of aromatic hydroxyl groups is 1. The van der Waals surface area contributed by atoms with Crippen molar-refractivity contribution in [3.63, 3.8) is 0 Å². The number of rotatable bonds is 1. The Morgan fingerprint density at radius 1 is 1.36 bits per heavy atom. The zero-order valence-corrected chi connectivity index (χ0v) is 7.81. The second-order valence-corrected chi connectivity index (χ2v) is 3.13. The van der Waals surface area contributed by atoms with Crippen LogP contribution < -0.4 is 5.73 Å². The highest BCUT2D eigenvalue weighted by Gasteiger charge is 2.05.